The molecule has 1 aliphatic heterocycles. The Morgan fingerprint density at radius 1 is 0.851 bits per heavy atom. The Labute approximate surface area is 282 Å². The van der Waals surface area contributed by atoms with Crippen LogP contribution in [0.25, 0.3) is 20.8 Å². The molecule has 1 fully saturated rings. The van der Waals surface area contributed by atoms with Gasteiger partial charge >= 0.3 is 0 Å². The highest BCUT2D eigenvalue weighted by Crippen LogP contribution is 2.31. The molecule has 47 heavy (non-hydrogen) atoms. The molecule has 0 radical (unpaired) electrons. The summed E-state index contributed by atoms with van der Waals surface area (Å²) in [6.45, 7) is 12.2. The van der Waals surface area contributed by atoms with E-state index in [1.807, 2.05) is 6.07 Å². The number of fused-ring (bicyclic) bond motifs is 1. The Hall–Kier alpha value is -3.46. The maximum atomic E-state index is 6.00. The zero-order chi connectivity index (χ0) is 32.5. The number of aryl methyl sites for hydroxylation is 1. The van der Waals surface area contributed by atoms with Crippen molar-refractivity contribution in [2.24, 2.45) is 0 Å². The summed E-state index contributed by atoms with van der Waals surface area (Å²) in [6, 6.07) is 16.9. The van der Waals surface area contributed by atoms with E-state index in [1.165, 1.54) is 4.70 Å². The Bertz CT molecular complexity index is 1420. The first kappa shape index (κ1) is 34.9. The van der Waals surface area contributed by atoms with Crippen molar-refractivity contribution in [1.82, 2.24) is 40.8 Å². The molecule has 1 saturated heterocycles. The Balaban J connectivity index is 0.943. The smallest absolute Gasteiger partial charge is 0.227 e. The number of thiazole rings is 1. The monoisotopic (exact) mass is 661 g/mol. The third kappa shape index (κ3) is 11.9. The molecule has 2 aromatic carbocycles. The molecule has 5 rings (SSSR count). The van der Waals surface area contributed by atoms with E-state index in [-0.39, 0.29) is 5.95 Å². The molecule has 0 saturated carbocycles. The van der Waals surface area contributed by atoms with E-state index < -0.39 is 0 Å². The van der Waals surface area contributed by atoms with Crippen molar-refractivity contribution in [3.63, 3.8) is 0 Å². The molecule has 3 heterocycles. The second-order valence-corrected chi connectivity index (χ2v) is 12.9. The zero-order valence-electron chi connectivity index (χ0n) is 27.7. The number of rotatable bonds is 15. The number of nitrogens with zero attached hydrogens (tertiary/aromatic N) is 6. The highest BCUT2D eigenvalue weighted by Gasteiger charge is 2.09. The molecule has 0 amide bonds. The van der Waals surface area contributed by atoms with Crippen LogP contribution in [0, 0.1) is 0 Å². The average molecular weight is 662 g/mol. The first-order valence-corrected chi connectivity index (χ1v) is 17.8. The summed E-state index contributed by atoms with van der Waals surface area (Å²) in [5.41, 5.74) is 9.36. The third-order valence-corrected chi connectivity index (χ3v) is 9.24. The van der Waals surface area contributed by atoms with Crippen LogP contribution in [0.2, 0.25) is 0 Å². The lowest BCUT2D eigenvalue weighted by atomic mass is 10.2. The van der Waals surface area contributed by atoms with Crippen molar-refractivity contribution in [2.75, 3.05) is 108 Å². The fourth-order valence-electron chi connectivity index (χ4n) is 5.44. The van der Waals surface area contributed by atoms with E-state index in [2.05, 4.69) is 95.5 Å². The van der Waals surface area contributed by atoms with Crippen LogP contribution in [0.4, 0.5) is 17.6 Å². The number of anilines is 3. The van der Waals surface area contributed by atoms with Gasteiger partial charge in [-0.05, 0) is 62.2 Å². The molecule has 0 unspecified atom stereocenters. The summed E-state index contributed by atoms with van der Waals surface area (Å²) in [6.07, 6.45) is 3.61. The van der Waals surface area contributed by atoms with Gasteiger partial charge in [0.05, 0.1) is 16.8 Å². The molecule has 12 nitrogen and oxygen atoms in total. The van der Waals surface area contributed by atoms with E-state index in [0.29, 0.717) is 19.2 Å². The minimum absolute atomic E-state index is 0.264. The Morgan fingerprint density at radius 3 is 2.36 bits per heavy atom. The number of aromatic nitrogens is 4. The predicted molar refractivity (Wildman–Crippen MR) is 194 cm³/mol. The minimum atomic E-state index is 0.264. The Kier molecular flexibility index (Phi) is 14.4. The van der Waals surface area contributed by atoms with E-state index in [0.717, 1.165) is 125 Å². The first-order valence-electron chi connectivity index (χ1n) is 17.0. The lowest BCUT2D eigenvalue weighted by Crippen LogP contribution is -2.42. The molecule has 0 atom stereocenters. The lowest BCUT2D eigenvalue weighted by molar-refractivity contribution is 0.137. The number of nitrogens with one attached hydrogen (secondary N) is 4. The highest BCUT2D eigenvalue weighted by molar-refractivity contribution is 7.21. The second kappa shape index (κ2) is 19.4. The predicted octanol–water partition coefficient (Wildman–Crippen LogP) is 3.09. The molecule has 0 aliphatic carbocycles. The van der Waals surface area contributed by atoms with Crippen molar-refractivity contribution in [3.05, 3.63) is 54.4 Å². The third-order valence-electron chi connectivity index (χ3n) is 8.16. The SMILES string of the molecule is CN(CCOCCCCc1nc(N)nc(NCCCN2CCNCCNCCNCC2)n1)c1ccc(-c2nc3ccccc3s2)cc1. The molecule has 0 bridgehead atoms. The van der Waals surface area contributed by atoms with E-state index in [4.69, 9.17) is 15.5 Å². The van der Waals surface area contributed by atoms with Gasteiger partial charge in [0.15, 0.2) is 0 Å². The molecule has 0 spiro atoms. The van der Waals surface area contributed by atoms with Crippen molar-refractivity contribution in [1.29, 1.82) is 0 Å². The van der Waals surface area contributed by atoms with Gasteiger partial charge in [0.1, 0.15) is 10.8 Å². The summed E-state index contributed by atoms with van der Waals surface area (Å²) in [5, 5.41) is 14.9. The van der Waals surface area contributed by atoms with Crippen molar-refractivity contribution in [2.45, 2.75) is 25.7 Å². The summed E-state index contributed by atoms with van der Waals surface area (Å²) < 4.78 is 7.15. The van der Waals surface area contributed by atoms with E-state index in [9.17, 15) is 0 Å². The number of ether oxygens (including phenoxy) is 1. The average Bonchev–Trinajstić information content (AvgIpc) is 3.51. The molecule has 254 valence electrons. The summed E-state index contributed by atoms with van der Waals surface area (Å²) >= 11 is 1.73. The standard InChI is InChI=1S/C34H51N11OS/c1-44(28-12-10-27(11-13-28)32-40-29-7-2-3-8-30(29)47-32)24-26-46-25-5-4-9-31-41-33(35)43-34(42-31)39-14-6-21-45-22-19-37-17-15-36-16-18-38-20-23-45/h2-3,7-8,10-13,36-38H,4-6,9,14-26H2,1H3,(H3,35,39,41,42,43). The highest BCUT2D eigenvalue weighted by atomic mass is 32.1. The van der Waals surface area contributed by atoms with Gasteiger partial charge in [-0.3, -0.25) is 0 Å². The van der Waals surface area contributed by atoms with Crippen LogP contribution in [0.3, 0.4) is 0 Å². The lowest BCUT2D eigenvalue weighted by Gasteiger charge is -2.23. The van der Waals surface area contributed by atoms with Gasteiger partial charge in [-0.25, -0.2) is 4.98 Å². The van der Waals surface area contributed by atoms with Crippen LogP contribution >= 0.6 is 11.3 Å². The number of para-hydroxylation sites is 1. The first-order chi connectivity index (χ1) is 23.1. The van der Waals surface area contributed by atoms with Gasteiger partial charge in [0.2, 0.25) is 11.9 Å². The number of likely N-dealkylation sites (N-methyl/N-ethyl adjacent to an activating group) is 1. The minimum Gasteiger partial charge on any atom is -0.380 e. The van der Waals surface area contributed by atoms with Gasteiger partial charge in [0.25, 0.3) is 0 Å². The summed E-state index contributed by atoms with van der Waals surface area (Å²) in [4.78, 5) is 22.8. The number of nitrogens with two attached hydrogens (primary N) is 1. The second-order valence-electron chi connectivity index (χ2n) is 11.8. The summed E-state index contributed by atoms with van der Waals surface area (Å²) in [5.74, 6) is 1.55. The number of benzene rings is 2. The van der Waals surface area contributed by atoms with Crippen molar-refractivity contribution in [3.8, 4) is 10.6 Å². The van der Waals surface area contributed by atoms with Gasteiger partial charge < -0.3 is 41.5 Å². The van der Waals surface area contributed by atoms with Gasteiger partial charge in [-0.1, -0.05) is 12.1 Å². The van der Waals surface area contributed by atoms with Gasteiger partial charge in [-0.2, -0.15) is 15.0 Å². The number of unbranched alkanes of at least 4 members (excludes halogenated alkanes) is 1. The molecule has 6 N–H and O–H groups in total. The van der Waals surface area contributed by atoms with Crippen LogP contribution in [0.15, 0.2) is 48.5 Å². The number of nitrogen functional groups attached to an aromatic ring is 1. The van der Waals surface area contributed by atoms with E-state index >= 15 is 0 Å². The Morgan fingerprint density at radius 2 is 1.60 bits per heavy atom. The molecule has 2 aromatic heterocycles. The normalized spacial score (nSPS) is 15.3. The van der Waals surface area contributed by atoms with Crippen LogP contribution in [-0.2, 0) is 11.2 Å². The molecular weight excluding hydrogens is 611 g/mol. The van der Waals surface area contributed by atoms with Crippen LogP contribution in [-0.4, -0.2) is 117 Å². The van der Waals surface area contributed by atoms with E-state index in [1.54, 1.807) is 11.3 Å². The van der Waals surface area contributed by atoms with Crippen LogP contribution < -0.4 is 31.9 Å². The number of hydrogen-bond donors (Lipinski definition) is 5. The van der Waals surface area contributed by atoms with Crippen LogP contribution in [0.5, 0.6) is 0 Å². The molecule has 13 heteroatoms. The molecule has 4 aromatic rings. The van der Waals surface area contributed by atoms with Gasteiger partial charge in [-0.15, -0.1) is 11.3 Å². The number of hydrogen-bond acceptors (Lipinski definition) is 13. The largest absolute Gasteiger partial charge is 0.380 e. The fraction of sp³-hybridized carbons (Fsp3) is 0.529. The zero-order valence-corrected chi connectivity index (χ0v) is 28.5. The summed E-state index contributed by atoms with van der Waals surface area (Å²) in [7, 11) is 2.10. The fourth-order valence-corrected chi connectivity index (χ4v) is 6.42. The van der Waals surface area contributed by atoms with Gasteiger partial charge in [0, 0.05) is 96.8 Å². The quantitative estimate of drug-likeness (QED) is 0.120. The maximum absolute atomic E-state index is 6.00. The molecular formula is C34H51N11OS. The molecule has 1 aliphatic rings. The van der Waals surface area contributed by atoms with Crippen molar-refractivity contribution < 1.29 is 4.74 Å². The maximum Gasteiger partial charge on any atom is 0.227 e. The van der Waals surface area contributed by atoms with Crippen molar-refractivity contribution >= 4 is 39.1 Å². The topological polar surface area (TPSA) is 141 Å². The van der Waals surface area contributed by atoms with Crippen LogP contribution in [0.1, 0.15) is 25.1 Å².